The van der Waals surface area contributed by atoms with Crippen molar-refractivity contribution < 1.29 is 0 Å². The number of rotatable bonds is 3. The molecule has 2 nitrogen and oxygen atoms in total. The first kappa shape index (κ1) is 9.49. The molecule has 13 heavy (non-hydrogen) atoms. The molecular formula is C9H14N2S2. The molecule has 0 aliphatic carbocycles. The third kappa shape index (κ3) is 2.69. The normalized spacial score (nSPS) is 22.4. The highest BCUT2D eigenvalue weighted by Crippen LogP contribution is 2.24. The van der Waals surface area contributed by atoms with Crippen LogP contribution in [0.15, 0.2) is 9.72 Å². The van der Waals surface area contributed by atoms with Gasteiger partial charge >= 0.3 is 0 Å². The van der Waals surface area contributed by atoms with E-state index in [1.807, 2.05) is 18.7 Å². The molecule has 0 saturated carbocycles. The molecule has 1 aromatic rings. The summed E-state index contributed by atoms with van der Waals surface area (Å²) in [6.45, 7) is 3.25. The topological polar surface area (TPSA) is 24.9 Å². The van der Waals surface area contributed by atoms with Crippen LogP contribution in [0.5, 0.6) is 0 Å². The van der Waals surface area contributed by atoms with Gasteiger partial charge in [-0.25, -0.2) is 4.98 Å². The summed E-state index contributed by atoms with van der Waals surface area (Å²) in [7, 11) is 0. The van der Waals surface area contributed by atoms with Crippen molar-refractivity contribution in [2.24, 2.45) is 0 Å². The van der Waals surface area contributed by atoms with Gasteiger partial charge in [0, 0.05) is 22.9 Å². The monoisotopic (exact) mass is 214 g/mol. The van der Waals surface area contributed by atoms with Crippen LogP contribution in [-0.4, -0.2) is 23.3 Å². The van der Waals surface area contributed by atoms with Gasteiger partial charge in [0.15, 0.2) is 0 Å². The van der Waals surface area contributed by atoms with Crippen molar-refractivity contribution in [3.05, 3.63) is 11.1 Å². The molecule has 4 heteroatoms. The van der Waals surface area contributed by atoms with Gasteiger partial charge in [0.25, 0.3) is 0 Å². The number of thiazole rings is 1. The van der Waals surface area contributed by atoms with E-state index in [1.54, 1.807) is 11.3 Å². The summed E-state index contributed by atoms with van der Waals surface area (Å²) in [4.78, 5) is 4.43. The molecule has 0 aromatic carbocycles. The lowest BCUT2D eigenvalue weighted by molar-refractivity contribution is 0.674. The fourth-order valence-corrected chi connectivity index (χ4v) is 3.45. The highest BCUT2D eigenvalue weighted by Gasteiger charge is 2.14. The Kier molecular flexibility index (Phi) is 3.24. The average Bonchev–Trinajstić information content (AvgIpc) is 2.71. The Morgan fingerprint density at radius 2 is 2.69 bits per heavy atom. The second kappa shape index (κ2) is 4.44. The number of thioether (sulfide) groups is 1. The molecule has 1 atom stereocenters. The molecule has 1 aliphatic heterocycles. The molecule has 72 valence electrons. The number of aromatic nitrogens is 1. The lowest BCUT2D eigenvalue weighted by atomic mass is 10.3. The van der Waals surface area contributed by atoms with Gasteiger partial charge in [-0.3, -0.25) is 0 Å². The maximum Gasteiger partial charge on any atom is 0.150 e. The van der Waals surface area contributed by atoms with Crippen molar-refractivity contribution in [1.82, 2.24) is 10.3 Å². The van der Waals surface area contributed by atoms with Crippen LogP contribution >= 0.6 is 23.1 Å². The number of nitrogens with zero attached hydrogens (tertiary/aromatic N) is 1. The second-order valence-electron chi connectivity index (χ2n) is 3.36. The van der Waals surface area contributed by atoms with E-state index in [2.05, 4.69) is 15.7 Å². The van der Waals surface area contributed by atoms with Gasteiger partial charge in [0.1, 0.15) is 4.34 Å². The van der Waals surface area contributed by atoms with Crippen LogP contribution in [0.25, 0.3) is 0 Å². The Bertz CT molecular complexity index is 266. The Labute approximate surface area is 87.1 Å². The Balaban J connectivity index is 1.78. The summed E-state index contributed by atoms with van der Waals surface area (Å²) in [5, 5.41) is 5.61. The third-order valence-corrected chi connectivity index (χ3v) is 4.47. The number of nitrogens with one attached hydrogen (secondary N) is 1. The van der Waals surface area contributed by atoms with Crippen molar-refractivity contribution in [1.29, 1.82) is 0 Å². The summed E-state index contributed by atoms with van der Waals surface area (Å²) < 4.78 is 1.21. The minimum absolute atomic E-state index is 0.717. The highest BCUT2D eigenvalue weighted by atomic mass is 32.2. The zero-order chi connectivity index (χ0) is 9.10. The maximum absolute atomic E-state index is 4.43. The fourth-order valence-electron chi connectivity index (χ4n) is 1.47. The molecule has 1 saturated heterocycles. The lowest BCUT2D eigenvalue weighted by Gasteiger charge is -2.06. The number of hydrogen-bond donors (Lipinski definition) is 1. The fraction of sp³-hybridized carbons (Fsp3) is 0.667. The number of hydrogen-bond acceptors (Lipinski definition) is 4. The van der Waals surface area contributed by atoms with E-state index >= 15 is 0 Å². The molecule has 2 heterocycles. The SMILES string of the molecule is Cc1csc(SC[C@@H]2CCCN2)n1. The van der Waals surface area contributed by atoms with Crippen molar-refractivity contribution >= 4 is 23.1 Å². The van der Waals surface area contributed by atoms with E-state index in [1.165, 1.54) is 29.5 Å². The molecule has 0 bridgehead atoms. The lowest BCUT2D eigenvalue weighted by Crippen LogP contribution is -2.23. The van der Waals surface area contributed by atoms with E-state index in [0.29, 0.717) is 6.04 Å². The summed E-state index contributed by atoms with van der Waals surface area (Å²) in [5.74, 6) is 1.17. The quantitative estimate of drug-likeness (QED) is 0.782. The zero-order valence-corrected chi connectivity index (χ0v) is 9.38. The highest BCUT2D eigenvalue weighted by molar-refractivity contribution is 8.01. The van der Waals surface area contributed by atoms with E-state index in [4.69, 9.17) is 0 Å². The smallest absolute Gasteiger partial charge is 0.150 e. The van der Waals surface area contributed by atoms with Crippen molar-refractivity contribution in [3.8, 4) is 0 Å². The Hall–Kier alpha value is -0.0600. The van der Waals surface area contributed by atoms with Crippen LogP contribution < -0.4 is 5.32 Å². The van der Waals surface area contributed by atoms with Crippen molar-refractivity contribution in [2.75, 3.05) is 12.3 Å². The molecule has 0 unspecified atom stereocenters. The molecule has 1 aromatic heterocycles. The Morgan fingerprint density at radius 3 is 3.31 bits per heavy atom. The summed E-state index contributed by atoms with van der Waals surface area (Å²) >= 11 is 3.64. The van der Waals surface area contributed by atoms with Crippen LogP contribution in [-0.2, 0) is 0 Å². The maximum atomic E-state index is 4.43. The molecular weight excluding hydrogens is 200 g/mol. The average molecular weight is 214 g/mol. The van der Waals surface area contributed by atoms with Crippen molar-refractivity contribution in [2.45, 2.75) is 30.1 Å². The molecule has 0 amide bonds. The van der Waals surface area contributed by atoms with Gasteiger partial charge in [0.05, 0.1) is 0 Å². The van der Waals surface area contributed by atoms with Crippen molar-refractivity contribution in [3.63, 3.8) is 0 Å². The van der Waals surface area contributed by atoms with E-state index in [0.717, 1.165) is 5.69 Å². The molecule has 2 rings (SSSR count). The van der Waals surface area contributed by atoms with Crippen LogP contribution in [0, 0.1) is 6.92 Å². The van der Waals surface area contributed by atoms with E-state index < -0.39 is 0 Å². The van der Waals surface area contributed by atoms with Gasteiger partial charge in [-0.15, -0.1) is 11.3 Å². The molecule has 1 N–H and O–H groups in total. The van der Waals surface area contributed by atoms with Gasteiger partial charge in [-0.2, -0.15) is 0 Å². The van der Waals surface area contributed by atoms with Crippen LogP contribution in [0.3, 0.4) is 0 Å². The first-order valence-corrected chi connectivity index (χ1v) is 6.49. The van der Waals surface area contributed by atoms with Gasteiger partial charge in [0.2, 0.25) is 0 Å². The molecule has 1 aliphatic rings. The van der Waals surface area contributed by atoms with Crippen LogP contribution in [0.4, 0.5) is 0 Å². The standard InChI is InChI=1S/C9H14N2S2/c1-7-5-12-9(11-7)13-6-8-3-2-4-10-8/h5,8,10H,2-4,6H2,1H3/t8-/m0/s1. The van der Waals surface area contributed by atoms with E-state index in [9.17, 15) is 0 Å². The molecule has 1 fully saturated rings. The Morgan fingerprint density at radius 1 is 1.77 bits per heavy atom. The zero-order valence-electron chi connectivity index (χ0n) is 7.75. The predicted molar refractivity (Wildman–Crippen MR) is 58.6 cm³/mol. The first-order chi connectivity index (χ1) is 6.34. The van der Waals surface area contributed by atoms with Crippen LogP contribution in [0.2, 0.25) is 0 Å². The van der Waals surface area contributed by atoms with Gasteiger partial charge in [-0.1, -0.05) is 11.8 Å². The summed E-state index contributed by atoms with van der Waals surface area (Å²) in [6, 6.07) is 0.717. The predicted octanol–water partition coefficient (Wildman–Crippen LogP) is 2.30. The van der Waals surface area contributed by atoms with Crippen LogP contribution in [0.1, 0.15) is 18.5 Å². The third-order valence-electron chi connectivity index (χ3n) is 2.17. The summed E-state index contributed by atoms with van der Waals surface area (Å²) in [6.07, 6.45) is 2.67. The minimum atomic E-state index is 0.717. The largest absolute Gasteiger partial charge is 0.313 e. The second-order valence-corrected chi connectivity index (χ2v) is 5.48. The van der Waals surface area contributed by atoms with Gasteiger partial charge in [-0.05, 0) is 26.3 Å². The summed E-state index contributed by atoms with van der Waals surface area (Å²) in [5.41, 5.74) is 1.15. The van der Waals surface area contributed by atoms with E-state index in [-0.39, 0.29) is 0 Å². The molecule has 0 spiro atoms. The first-order valence-electron chi connectivity index (χ1n) is 4.63. The number of aryl methyl sites for hydroxylation is 1. The molecule has 0 radical (unpaired) electrons. The van der Waals surface area contributed by atoms with Gasteiger partial charge < -0.3 is 5.32 Å². The minimum Gasteiger partial charge on any atom is -0.313 e.